The van der Waals surface area contributed by atoms with Gasteiger partial charge >= 0.3 is 0 Å². The average molecular weight is 278 g/mol. The lowest BCUT2D eigenvalue weighted by Crippen LogP contribution is -2.75. The van der Waals surface area contributed by atoms with Crippen LogP contribution in [0.3, 0.4) is 0 Å². The summed E-state index contributed by atoms with van der Waals surface area (Å²) < 4.78 is 0. The van der Waals surface area contributed by atoms with Gasteiger partial charge in [-0.3, -0.25) is 0 Å². The lowest BCUT2D eigenvalue weighted by atomic mass is 9.28. The zero-order valence-electron chi connectivity index (χ0n) is 13.2. The highest BCUT2D eigenvalue weighted by Crippen LogP contribution is 2.28. The van der Waals surface area contributed by atoms with E-state index in [2.05, 4.69) is 82.4 Å². The van der Waals surface area contributed by atoms with E-state index >= 15 is 0 Å². The molecule has 0 aliphatic carbocycles. The van der Waals surface area contributed by atoms with Crippen LogP contribution < -0.4 is 21.3 Å². The van der Waals surface area contributed by atoms with Crippen LogP contribution in [0.25, 0.3) is 0 Å². The van der Waals surface area contributed by atoms with Crippen molar-refractivity contribution >= 4 is 36.1 Å². The third-order valence-electron chi connectivity index (χ3n) is 4.76. The van der Waals surface area contributed by atoms with Gasteiger partial charge in [-0.05, 0) is 0 Å². The molecule has 1 heterocycles. The quantitative estimate of drug-likeness (QED) is 0.648. The van der Waals surface area contributed by atoms with Gasteiger partial charge in [0.2, 0.25) is 6.71 Å². The summed E-state index contributed by atoms with van der Waals surface area (Å²) in [7, 11) is -1.55. The summed E-state index contributed by atoms with van der Waals surface area (Å²) in [5, 5.41) is 3.49. The first-order chi connectivity index (χ1) is 9.33. The molecule has 0 saturated carbocycles. The maximum atomic E-state index is 2.49. The van der Waals surface area contributed by atoms with Gasteiger partial charge in [0.15, 0.2) is 0 Å². The van der Waals surface area contributed by atoms with Crippen LogP contribution in [0, 0.1) is 0 Å². The maximum Gasteiger partial charge on any atom is 0.214 e. The van der Waals surface area contributed by atoms with Crippen molar-refractivity contribution in [1.29, 1.82) is 0 Å². The van der Waals surface area contributed by atoms with Crippen molar-refractivity contribution in [1.82, 2.24) is 0 Å². The molecule has 0 N–H and O–H groups in total. The van der Waals surface area contributed by atoms with Crippen LogP contribution in [-0.2, 0) is 0 Å². The summed E-state index contributed by atoms with van der Waals surface area (Å²) in [5.74, 6) is 0. The smallest absolute Gasteiger partial charge is 0.0739 e. The molecule has 20 heavy (non-hydrogen) atoms. The maximum absolute atomic E-state index is 2.49. The van der Waals surface area contributed by atoms with Crippen LogP contribution >= 0.6 is 0 Å². The van der Waals surface area contributed by atoms with E-state index in [0.717, 1.165) is 0 Å². The molecule has 0 unspecified atom stereocenters. The molecule has 0 atom stereocenters. The van der Waals surface area contributed by atoms with E-state index in [1.165, 1.54) is 0 Å². The number of hydrogen-bond acceptors (Lipinski definition) is 0. The summed E-state index contributed by atoms with van der Waals surface area (Å²) in [5.41, 5.74) is 3.13. The molecule has 0 fully saturated rings. The van der Waals surface area contributed by atoms with Crippen molar-refractivity contribution in [3.63, 3.8) is 0 Å². The second-order valence-electron chi connectivity index (χ2n) is 7.60. The highest BCUT2D eigenvalue weighted by Gasteiger charge is 2.44. The van der Waals surface area contributed by atoms with E-state index in [4.69, 9.17) is 0 Å². The zero-order valence-corrected chi connectivity index (χ0v) is 14.2. The molecule has 0 amide bonds. The van der Waals surface area contributed by atoms with Crippen LogP contribution in [0.5, 0.6) is 0 Å². The fourth-order valence-corrected chi connectivity index (χ4v) is 7.10. The van der Waals surface area contributed by atoms with Crippen molar-refractivity contribution in [3.05, 3.63) is 48.5 Å². The third-order valence-corrected chi connectivity index (χ3v) is 8.36. The fourth-order valence-electron chi connectivity index (χ4n) is 3.88. The van der Waals surface area contributed by atoms with Crippen molar-refractivity contribution in [2.75, 3.05) is 0 Å². The van der Waals surface area contributed by atoms with Gasteiger partial charge < -0.3 is 0 Å². The molecule has 2 aromatic carbocycles. The fraction of sp³-hybridized carbons (Fsp3) is 0.333. The molecule has 1 aliphatic heterocycles. The van der Waals surface area contributed by atoms with Gasteiger partial charge in [0.1, 0.15) is 8.07 Å². The minimum absolute atomic E-state index is 0.247. The molecule has 102 valence electrons. The van der Waals surface area contributed by atoms with Gasteiger partial charge in [-0.25, -0.2) is 0 Å². The molecule has 3 rings (SSSR count). The van der Waals surface area contributed by atoms with Crippen molar-refractivity contribution < 1.29 is 0 Å². The molecule has 0 radical (unpaired) electrons. The minimum Gasteiger partial charge on any atom is -0.0739 e. The Morgan fingerprint density at radius 3 is 1.55 bits per heavy atom. The van der Waals surface area contributed by atoms with Crippen LogP contribution in [0.2, 0.25) is 18.4 Å². The Balaban J connectivity index is 2.36. The van der Waals surface area contributed by atoms with E-state index in [-0.39, 0.29) is 5.31 Å². The number of benzene rings is 2. The first-order valence-electron chi connectivity index (χ1n) is 7.52. The first kappa shape index (κ1) is 13.7. The van der Waals surface area contributed by atoms with Crippen molar-refractivity contribution in [2.24, 2.45) is 0 Å². The Hall–Kier alpha value is -1.28. The number of rotatable bonds is 0. The van der Waals surface area contributed by atoms with Gasteiger partial charge in [0.05, 0.1) is 0 Å². The van der Waals surface area contributed by atoms with E-state index in [0.29, 0.717) is 6.71 Å². The predicted octanol–water partition coefficient (Wildman–Crippen LogP) is 2.23. The average Bonchev–Trinajstić information content (AvgIpc) is 2.38. The monoisotopic (exact) mass is 278 g/mol. The van der Waals surface area contributed by atoms with Crippen LogP contribution in [0.1, 0.15) is 20.8 Å². The SMILES string of the molecule is CC(C)(C)B1c2ccccc2[Si](C)(C)c2ccccc21. The van der Waals surface area contributed by atoms with Crippen molar-refractivity contribution in [3.8, 4) is 0 Å². The highest BCUT2D eigenvalue weighted by atomic mass is 28.3. The van der Waals surface area contributed by atoms with E-state index in [1.54, 1.807) is 21.3 Å². The van der Waals surface area contributed by atoms with Gasteiger partial charge in [0, 0.05) is 0 Å². The zero-order chi connectivity index (χ0) is 14.5. The number of hydrogen-bond donors (Lipinski definition) is 0. The van der Waals surface area contributed by atoms with Crippen LogP contribution in [0.4, 0.5) is 0 Å². The second kappa shape index (κ2) is 4.36. The summed E-state index contributed by atoms with van der Waals surface area (Å²) in [4.78, 5) is 0. The topological polar surface area (TPSA) is 0 Å². The molecular weight excluding hydrogens is 255 g/mol. The van der Waals surface area contributed by atoms with Gasteiger partial charge in [0.25, 0.3) is 0 Å². The molecule has 2 heteroatoms. The summed E-state index contributed by atoms with van der Waals surface area (Å²) in [6.45, 7) is 12.6. The standard InChI is InChI=1S/C18H23BSi/c1-18(2,3)19-14-10-6-8-12-16(14)20(4,5)17-13-9-7-11-15(17)19/h6-13H,1-5H3. The molecule has 2 aromatic rings. The lowest BCUT2D eigenvalue weighted by molar-refractivity contribution is 0.750. The third kappa shape index (κ3) is 1.89. The van der Waals surface area contributed by atoms with Gasteiger partial charge in [-0.2, -0.15) is 0 Å². The van der Waals surface area contributed by atoms with Crippen LogP contribution in [-0.4, -0.2) is 14.8 Å². The van der Waals surface area contributed by atoms with Crippen molar-refractivity contribution in [2.45, 2.75) is 39.2 Å². The molecule has 0 nitrogen and oxygen atoms in total. The summed E-state index contributed by atoms with van der Waals surface area (Å²) >= 11 is 0. The summed E-state index contributed by atoms with van der Waals surface area (Å²) in [6, 6.07) is 18.3. The largest absolute Gasteiger partial charge is 0.214 e. The van der Waals surface area contributed by atoms with E-state index in [9.17, 15) is 0 Å². The Bertz CT molecular complexity index is 603. The summed E-state index contributed by atoms with van der Waals surface area (Å²) in [6.07, 6.45) is 0. The molecular formula is C18H23BSi. The van der Waals surface area contributed by atoms with E-state index in [1.807, 2.05) is 0 Å². The van der Waals surface area contributed by atoms with Crippen LogP contribution in [0.15, 0.2) is 48.5 Å². The minimum atomic E-state index is -1.55. The molecule has 0 aromatic heterocycles. The van der Waals surface area contributed by atoms with E-state index < -0.39 is 8.07 Å². The number of fused-ring (bicyclic) bond motifs is 2. The van der Waals surface area contributed by atoms with Gasteiger partial charge in [-0.1, -0.05) is 109 Å². The molecule has 1 aliphatic rings. The predicted molar refractivity (Wildman–Crippen MR) is 94.4 cm³/mol. The highest BCUT2D eigenvalue weighted by molar-refractivity contribution is 7.11. The normalized spacial score (nSPS) is 16.6. The Kier molecular flexibility index (Phi) is 2.98. The Morgan fingerprint density at radius 2 is 1.15 bits per heavy atom. The lowest BCUT2D eigenvalue weighted by Gasteiger charge is -2.41. The second-order valence-corrected chi connectivity index (χ2v) is 11.9. The Morgan fingerprint density at radius 1 is 0.750 bits per heavy atom. The Labute approximate surface area is 124 Å². The van der Waals surface area contributed by atoms with Gasteiger partial charge in [-0.15, -0.1) is 0 Å². The molecule has 0 saturated heterocycles. The molecule has 0 bridgehead atoms. The molecule has 0 spiro atoms. The first-order valence-corrected chi connectivity index (χ1v) is 10.5.